The van der Waals surface area contributed by atoms with Crippen LogP contribution in [0.1, 0.15) is 11.1 Å². The van der Waals surface area contributed by atoms with Crippen molar-refractivity contribution in [1.82, 2.24) is 24.6 Å². The second-order valence-corrected chi connectivity index (χ2v) is 7.10. The average Bonchev–Trinajstić information content (AvgIpc) is 3.23. The molecule has 4 rings (SSSR count). The summed E-state index contributed by atoms with van der Waals surface area (Å²) in [5.41, 5.74) is 1.78. The molecule has 0 spiro atoms. The average molecular weight is 412 g/mol. The lowest BCUT2D eigenvalue weighted by molar-refractivity contribution is 0.551. The van der Waals surface area contributed by atoms with Gasteiger partial charge in [-0.25, -0.2) is 9.37 Å². The van der Waals surface area contributed by atoms with Gasteiger partial charge in [0, 0.05) is 23.7 Å². The fraction of sp³-hybridized carbons (Fsp3) is 0.190. The zero-order chi connectivity index (χ0) is 20.2. The Morgan fingerprint density at radius 3 is 2.76 bits per heavy atom. The molecule has 0 aliphatic rings. The Morgan fingerprint density at radius 1 is 1.10 bits per heavy atom. The SMILES string of the molecule is O=c1c(CNCCn2cncn2)cc2ccc(F)cc2n1Cc1ccccc1Cl. The molecule has 148 valence electrons. The van der Waals surface area contributed by atoms with Gasteiger partial charge in [-0.15, -0.1) is 0 Å². The second kappa shape index (κ2) is 8.55. The molecule has 0 radical (unpaired) electrons. The van der Waals surface area contributed by atoms with Gasteiger partial charge in [-0.05, 0) is 41.3 Å². The second-order valence-electron chi connectivity index (χ2n) is 6.69. The zero-order valence-electron chi connectivity index (χ0n) is 15.6. The van der Waals surface area contributed by atoms with E-state index in [1.807, 2.05) is 24.3 Å². The van der Waals surface area contributed by atoms with Gasteiger partial charge in [0.05, 0.1) is 18.6 Å². The first-order valence-corrected chi connectivity index (χ1v) is 9.58. The van der Waals surface area contributed by atoms with Gasteiger partial charge in [0.2, 0.25) is 0 Å². The molecule has 8 heteroatoms. The van der Waals surface area contributed by atoms with Gasteiger partial charge in [-0.2, -0.15) is 5.10 Å². The first kappa shape index (κ1) is 19.3. The van der Waals surface area contributed by atoms with Gasteiger partial charge in [0.1, 0.15) is 18.5 Å². The fourth-order valence-electron chi connectivity index (χ4n) is 3.25. The summed E-state index contributed by atoms with van der Waals surface area (Å²) < 4.78 is 17.2. The van der Waals surface area contributed by atoms with Crippen LogP contribution in [0.15, 0.2) is 66.0 Å². The zero-order valence-corrected chi connectivity index (χ0v) is 16.3. The highest BCUT2D eigenvalue weighted by molar-refractivity contribution is 6.31. The van der Waals surface area contributed by atoms with E-state index in [4.69, 9.17) is 11.6 Å². The lowest BCUT2D eigenvalue weighted by atomic mass is 10.1. The van der Waals surface area contributed by atoms with Crippen molar-refractivity contribution in [3.63, 3.8) is 0 Å². The van der Waals surface area contributed by atoms with Gasteiger partial charge < -0.3 is 9.88 Å². The van der Waals surface area contributed by atoms with Crippen molar-refractivity contribution < 1.29 is 4.39 Å². The number of nitrogens with one attached hydrogen (secondary N) is 1. The van der Waals surface area contributed by atoms with E-state index in [0.29, 0.717) is 35.7 Å². The Balaban J connectivity index is 1.64. The fourth-order valence-corrected chi connectivity index (χ4v) is 3.45. The number of rotatable bonds is 7. The molecule has 2 aromatic heterocycles. The molecule has 0 fully saturated rings. The molecule has 4 aromatic rings. The van der Waals surface area contributed by atoms with Crippen LogP contribution >= 0.6 is 11.6 Å². The summed E-state index contributed by atoms with van der Waals surface area (Å²) in [7, 11) is 0. The molecule has 2 heterocycles. The highest BCUT2D eigenvalue weighted by Gasteiger charge is 2.12. The molecule has 0 unspecified atom stereocenters. The van der Waals surface area contributed by atoms with E-state index in [-0.39, 0.29) is 17.9 Å². The van der Waals surface area contributed by atoms with Gasteiger partial charge in [0.15, 0.2) is 0 Å². The summed E-state index contributed by atoms with van der Waals surface area (Å²) in [5, 5.41) is 8.67. The molecule has 0 bridgehead atoms. The lowest BCUT2D eigenvalue weighted by Crippen LogP contribution is -2.29. The summed E-state index contributed by atoms with van der Waals surface area (Å²) in [5.74, 6) is -0.386. The Hall–Kier alpha value is -3.03. The van der Waals surface area contributed by atoms with Crippen molar-refractivity contribution >= 4 is 22.5 Å². The number of hydrogen-bond acceptors (Lipinski definition) is 4. The van der Waals surface area contributed by atoms with Crippen LogP contribution < -0.4 is 10.9 Å². The number of fused-ring (bicyclic) bond motifs is 1. The van der Waals surface area contributed by atoms with E-state index < -0.39 is 0 Å². The monoisotopic (exact) mass is 411 g/mol. The maximum absolute atomic E-state index is 13.9. The third-order valence-corrected chi connectivity index (χ3v) is 5.09. The molecule has 0 atom stereocenters. The third-order valence-electron chi connectivity index (χ3n) is 4.72. The van der Waals surface area contributed by atoms with E-state index in [1.165, 1.54) is 18.5 Å². The Morgan fingerprint density at radius 2 is 1.97 bits per heavy atom. The van der Waals surface area contributed by atoms with Gasteiger partial charge >= 0.3 is 0 Å². The standard InChI is InChI=1S/C21H19ClFN5O/c22-19-4-2-1-3-16(19)12-28-20-10-18(23)6-5-15(20)9-17(21(28)29)11-24-7-8-27-14-25-13-26-27/h1-6,9-10,13-14,24H,7-8,11-12H2. The van der Waals surface area contributed by atoms with E-state index in [0.717, 1.165) is 10.9 Å². The third kappa shape index (κ3) is 4.36. The molecule has 1 N–H and O–H groups in total. The molecule has 0 saturated heterocycles. The molecule has 0 aliphatic carbocycles. The largest absolute Gasteiger partial charge is 0.311 e. The first-order chi connectivity index (χ1) is 14.1. The number of benzene rings is 2. The van der Waals surface area contributed by atoms with Crippen molar-refractivity contribution in [2.75, 3.05) is 6.54 Å². The van der Waals surface area contributed by atoms with Gasteiger partial charge in [-0.1, -0.05) is 29.8 Å². The van der Waals surface area contributed by atoms with Crippen LogP contribution in [0.5, 0.6) is 0 Å². The summed E-state index contributed by atoms with van der Waals surface area (Å²) in [6.07, 6.45) is 3.12. The number of nitrogens with zero attached hydrogens (tertiary/aromatic N) is 4. The summed E-state index contributed by atoms with van der Waals surface area (Å²) >= 11 is 6.28. The molecule has 29 heavy (non-hydrogen) atoms. The van der Waals surface area contributed by atoms with Crippen molar-refractivity contribution in [2.24, 2.45) is 0 Å². The summed E-state index contributed by atoms with van der Waals surface area (Å²) in [6, 6.07) is 13.6. The number of hydrogen-bond donors (Lipinski definition) is 1. The van der Waals surface area contributed by atoms with Crippen LogP contribution in [0.2, 0.25) is 5.02 Å². The van der Waals surface area contributed by atoms with E-state index >= 15 is 0 Å². The highest BCUT2D eigenvalue weighted by Crippen LogP contribution is 2.20. The molecular weight excluding hydrogens is 393 g/mol. The quantitative estimate of drug-likeness (QED) is 0.474. The molecule has 2 aromatic carbocycles. The van der Waals surface area contributed by atoms with E-state index in [2.05, 4.69) is 15.4 Å². The number of pyridine rings is 1. The van der Waals surface area contributed by atoms with Gasteiger partial charge in [0.25, 0.3) is 5.56 Å². The predicted molar refractivity (Wildman–Crippen MR) is 110 cm³/mol. The molecule has 0 aliphatic heterocycles. The highest BCUT2D eigenvalue weighted by atomic mass is 35.5. The summed E-state index contributed by atoms with van der Waals surface area (Å²) in [6.45, 7) is 1.94. The van der Waals surface area contributed by atoms with Crippen LogP contribution in [0.4, 0.5) is 4.39 Å². The van der Waals surface area contributed by atoms with Gasteiger partial charge in [-0.3, -0.25) is 9.48 Å². The normalized spacial score (nSPS) is 11.2. The number of aromatic nitrogens is 4. The van der Waals surface area contributed by atoms with Crippen molar-refractivity contribution in [2.45, 2.75) is 19.6 Å². The van der Waals surface area contributed by atoms with Crippen LogP contribution in [-0.2, 0) is 19.6 Å². The first-order valence-electron chi connectivity index (χ1n) is 9.20. The van der Waals surface area contributed by atoms with E-state index in [9.17, 15) is 9.18 Å². The minimum atomic E-state index is -0.386. The minimum Gasteiger partial charge on any atom is -0.311 e. The lowest BCUT2D eigenvalue weighted by Gasteiger charge is -2.14. The molecule has 6 nitrogen and oxygen atoms in total. The molecule has 0 saturated carbocycles. The number of halogens is 2. The summed E-state index contributed by atoms with van der Waals surface area (Å²) in [4.78, 5) is 17.1. The van der Waals surface area contributed by atoms with E-state index in [1.54, 1.807) is 27.7 Å². The van der Waals surface area contributed by atoms with Crippen molar-refractivity contribution in [3.8, 4) is 0 Å². The van der Waals surface area contributed by atoms with Crippen molar-refractivity contribution in [1.29, 1.82) is 0 Å². The maximum atomic E-state index is 13.9. The van der Waals surface area contributed by atoms with Crippen LogP contribution in [0.25, 0.3) is 10.9 Å². The topological polar surface area (TPSA) is 64.7 Å². The Labute approximate surface area is 171 Å². The molecular formula is C21H19ClFN5O. The minimum absolute atomic E-state index is 0.170. The Kier molecular flexibility index (Phi) is 5.69. The molecule has 0 amide bonds. The van der Waals surface area contributed by atoms with Crippen LogP contribution in [0, 0.1) is 5.82 Å². The Bertz CT molecular complexity index is 1190. The maximum Gasteiger partial charge on any atom is 0.255 e. The van der Waals surface area contributed by atoms with Crippen molar-refractivity contribution in [3.05, 3.63) is 93.5 Å². The van der Waals surface area contributed by atoms with Crippen LogP contribution in [0.3, 0.4) is 0 Å². The van der Waals surface area contributed by atoms with Crippen LogP contribution in [-0.4, -0.2) is 25.9 Å². The smallest absolute Gasteiger partial charge is 0.255 e. The predicted octanol–water partition coefficient (Wildman–Crippen LogP) is 3.22.